The van der Waals surface area contributed by atoms with Gasteiger partial charge in [-0.15, -0.1) is 0 Å². The van der Waals surface area contributed by atoms with Crippen molar-refractivity contribution in [1.82, 2.24) is 0 Å². The van der Waals surface area contributed by atoms with Crippen molar-refractivity contribution in [2.45, 2.75) is 20.0 Å². The smallest absolute Gasteiger partial charge is 0.129 e. The molecule has 4 heteroatoms. The minimum Gasteiger partial charge on any atom is -0.496 e. The number of ether oxygens (including phenoxy) is 1. The van der Waals surface area contributed by atoms with E-state index in [2.05, 4.69) is 0 Å². The van der Waals surface area contributed by atoms with Gasteiger partial charge in [-0.2, -0.15) is 0 Å². The highest BCUT2D eigenvalue weighted by molar-refractivity contribution is 6.32. The molecule has 0 bridgehead atoms. The van der Waals surface area contributed by atoms with Crippen LogP contribution in [0, 0.1) is 13.8 Å². The predicted octanol–water partition coefficient (Wildman–Crippen LogP) is 1.96. The normalized spacial score (nSPS) is 12.7. The molecule has 1 atom stereocenters. The molecule has 0 aliphatic carbocycles. The van der Waals surface area contributed by atoms with Crippen molar-refractivity contribution in [2.75, 3.05) is 13.7 Å². The number of methoxy groups -OCH3 is 1. The molecule has 0 saturated heterocycles. The molecule has 0 aliphatic heterocycles. The van der Waals surface area contributed by atoms with Gasteiger partial charge in [0.25, 0.3) is 0 Å². The van der Waals surface area contributed by atoms with Crippen molar-refractivity contribution in [3.63, 3.8) is 0 Å². The van der Waals surface area contributed by atoms with Crippen LogP contribution < -0.4 is 10.5 Å². The molecule has 0 fully saturated rings. The van der Waals surface area contributed by atoms with E-state index in [1.807, 2.05) is 19.9 Å². The van der Waals surface area contributed by atoms with Crippen molar-refractivity contribution in [3.05, 3.63) is 27.8 Å². The van der Waals surface area contributed by atoms with E-state index in [1.54, 1.807) is 7.11 Å². The lowest BCUT2D eigenvalue weighted by molar-refractivity contribution is 0.182. The van der Waals surface area contributed by atoms with Gasteiger partial charge in [-0.3, -0.25) is 0 Å². The molecular formula is C11H16ClNO2. The van der Waals surface area contributed by atoms with Crippen LogP contribution in [0.5, 0.6) is 5.75 Å². The fraction of sp³-hybridized carbons (Fsp3) is 0.455. The quantitative estimate of drug-likeness (QED) is 0.833. The van der Waals surface area contributed by atoms with Crippen LogP contribution in [-0.2, 0) is 0 Å². The lowest BCUT2D eigenvalue weighted by atomic mass is 10.0. The lowest BCUT2D eigenvalue weighted by Gasteiger charge is -2.17. The largest absolute Gasteiger partial charge is 0.496 e. The Morgan fingerprint density at radius 2 is 2.13 bits per heavy atom. The van der Waals surface area contributed by atoms with E-state index in [4.69, 9.17) is 22.1 Å². The van der Waals surface area contributed by atoms with Gasteiger partial charge < -0.3 is 15.6 Å². The fourth-order valence-electron chi connectivity index (χ4n) is 1.62. The average Bonchev–Trinajstić information content (AvgIpc) is 2.24. The van der Waals surface area contributed by atoms with Crippen molar-refractivity contribution in [3.8, 4) is 5.75 Å². The van der Waals surface area contributed by atoms with Gasteiger partial charge in [0, 0.05) is 17.7 Å². The molecule has 0 spiro atoms. The van der Waals surface area contributed by atoms with Gasteiger partial charge in [0.2, 0.25) is 0 Å². The first-order valence-corrected chi connectivity index (χ1v) is 5.12. The number of aliphatic hydroxyl groups is 1. The van der Waals surface area contributed by atoms with E-state index in [0.717, 1.165) is 11.1 Å². The Kier molecular flexibility index (Phi) is 3.97. The Morgan fingerprint density at radius 1 is 1.53 bits per heavy atom. The standard InChI is InChI=1S/C11H16ClNO2/c1-6-4-8(9(14)5-13)11(15-3)7(2)10(6)12/h4,9,14H,5,13H2,1-3H3. The van der Waals surface area contributed by atoms with Crippen LogP contribution in [0.2, 0.25) is 5.02 Å². The third-order valence-corrected chi connectivity index (χ3v) is 3.02. The Balaban J connectivity index is 3.38. The molecule has 0 aliphatic rings. The number of halogens is 1. The van der Waals surface area contributed by atoms with E-state index in [9.17, 15) is 5.11 Å². The minimum absolute atomic E-state index is 0.164. The Morgan fingerprint density at radius 3 is 2.60 bits per heavy atom. The van der Waals surface area contributed by atoms with Gasteiger partial charge in [-0.05, 0) is 25.5 Å². The summed E-state index contributed by atoms with van der Waals surface area (Å²) in [6.07, 6.45) is -0.713. The van der Waals surface area contributed by atoms with E-state index in [1.165, 1.54) is 0 Å². The summed E-state index contributed by atoms with van der Waals surface area (Å²) in [6, 6.07) is 1.81. The maximum atomic E-state index is 9.73. The first-order chi connectivity index (χ1) is 7.02. The van der Waals surface area contributed by atoms with Gasteiger partial charge in [0.1, 0.15) is 5.75 Å². The van der Waals surface area contributed by atoms with Crippen LogP contribution in [0.1, 0.15) is 22.8 Å². The van der Waals surface area contributed by atoms with Crippen molar-refractivity contribution in [1.29, 1.82) is 0 Å². The van der Waals surface area contributed by atoms with Crippen LogP contribution in [0.25, 0.3) is 0 Å². The number of aryl methyl sites for hydroxylation is 1. The summed E-state index contributed by atoms with van der Waals surface area (Å²) in [5.74, 6) is 0.614. The third-order valence-electron chi connectivity index (χ3n) is 2.44. The first kappa shape index (κ1) is 12.3. The molecule has 0 radical (unpaired) electrons. The zero-order chi connectivity index (χ0) is 11.6. The van der Waals surface area contributed by atoms with Crippen molar-refractivity contribution < 1.29 is 9.84 Å². The predicted molar refractivity (Wildman–Crippen MR) is 61.5 cm³/mol. The molecule has 1 aromatic rings. The summed E-state index contributed by atoms with van der Waals surface area (Å²) in [7, 11) is 1.56. The maximum Gasteiger partial charge on any atom is 0.129 e. The molecule has 1 unspecified atom stereocenters. The molecule has 15 heavy (non-hydrogen) atoms. The molecule has 84 valence electrons. The Labute approximate surface area is 94.8 Å². The lowest BCUT2D eigenvalue weighted by Crippen LogP contribution is -2.13. The van der Waals surface area contributed by atoms with E-state index in [-0.39, 0.29) is 6.54 Å². The summed E-state index contributed by atoms with van der Waals surface area (Å²) in [4.78, 5) is 0. The molecule has 1 aromatic carbocycles. The number of nitrogens with two attached hydrogens (primary N) is 1. The van der Waals surface area contributed by atoms with Gasteiger partial charge in [0.15, 0.2) is 0 Å². The molecule has 1 rings (SSSR count). The number of rotatable bonds is 3. The molecule has 0 saturated carbocycles. The molecular weight excluding hydrogens is 214 g/mol. The van der Waals surface area contributed by atoms with E-state index in [0.29, 0.717) is 16.3 Å². The van der Waals surface area contributed by atoms with Crippen LogP contribution in [0.3, 0.4) is 0 Å². The number of benzene rings is 1. The maximum absolute atomic E-state index is 9.73. The van der Waals surface area contributed by atoms with E-state index < -0.39 is 6.10 Å². The summed E-state index contributed by atoms with van der Waals surface area (Å²) in [5.41, 5.74) is 7.87. The zero-order valence-corrected chi connectivity index (χ0v) is 9.93. The average molecular weight is 230 g/mol. The van der Waals surface area contributed by atoms with Crippen molar-refractivity contribution >= 4 is 11.6 Å². The van der Waals surface area contributed by atoms with Gasteiger partial charge in [0.05, 0.1) is 18.2 Å². The molecule has 0 aromatic heterocycles. The van der Waals surface area contributed by atoms with Crippen LogP contribution in [0.15, 0.2) is 6.07 Å². The van der Waals surface area contributed by atoms with Crippen LogP contribution in [-0.4, -0.2) is 18.8 Å². The second-order valence-electron chi connectivity index (χ2n) is 3.51. The highest BCUT2D eigenvalue weighted by atomic mass is 35.5. The topological polar surface area (TPSA) is 55.5 Å². The summed E-state index contributed by atoms with van der Waals surface area (Å²) >= 11 is 6.09. The minimum atomic E-state index is -0.713. The fourth-order valence-corrected chi connectivity index (χ4v) is 1.76. The highest BCUT2D eigenvalue weighted by Crippen LogP contribution is 2.35. The van der Waals surface area contributed by atoms with Crippen molar-refractivity contribution in [2.24, 2.45) is 5.73 Å². The molecule has 0 amide bonds. The van der Waals surface area contributed by atoms with Gasteiger partial charge in [-0.25, -0.2) is 0 Å². The van der Waals surface area contributed by atoms with E-state index >= 15 is 0 Å². The van der Waals surface area contributed by atoms with Gasteiger partial charge in [-0.1, -0.05) is 11.6 Å². The van der Waals surface area contributed by atoms with Crippen LogP contribution >= 0.6 is 11.6 Å². The Hall–Kier alpha value is -0.770. The molecule has 3 N–H and O–H groups in total. The summed E-state index contributed by atoms with van der Waals surface area (Å²) < 4.78 is 5.23. The molecule has 0 heterocycles. The van der Waals surface area contributed by atoms with Gasteiger partial charge >= 0.3 is 0 Å². The monoisotopic (exact) mass is 229 g/mol. The zero-order valence-electron chi connectivity index (χ0n) is 9.17. The highest BCUT2D eigenvalue weighted by Gasteiger charge is 2.17. The summed E-state index contributed by atoms with van der Waals surface area (Å²) in [5, 5.41) is 10.4. The first-order valence-electron chi connectivity index (χ1n) is 4.74. The number of aliphatic hydroxyl groups excluding tert-OH is 1. The number of hydrogen-bond acceptors (Lipinski definition) is 3. The third kappa shape index (κ3) is 2.25. The second-order valence-corrected chi connectivity index (χ2v) is 3.88. The SMILES string of the molecule is COc1c(C(O)CN)cc(C)c(Cl)c1C. The summed E-state index contributed by atoms with van der Waals surface area (Å²) in [6.45, 7) is 3.92. The second kappa shape index (κ2) is 4.84. The number of hydrogen-bond donors (Lipinski definition) is 2. The Bertz CT molecular complexity index is 366. The van der Waals surface area contributed by atoms with Crippen LogP contribution in [0.4, 0.5) is 0 Å². The molecule has 3 nitrogen and oxygen atoms in total.